The Kier molecular flexibility index (Phi) is 9.00. The maximum Gasteiger partial charge on any atom is 0.248 e. The zero-order valence-corrected chi connectivity index (χ0v) is 20.9. The Morgan fingerprint density at radius 2 is 1.61 bits per heavy atom. The maximum absolute atomic E-state index is 13.1. The first kappa shape index (κ1) is 26.7. The third-order valence-corrected chi connectivity index (χ3v) is 5.66. The van der Waals surface area contributed by atoms with Gasteiger partial charge in [0.05, 0.1) is 18.0 Å². The summed E-state index contributed by atoms with van der Waals surface area (Å²) >= 11 is 0. The predicted octanol–water partition coefficient (Wildman–Crippen LogP) is 4.48. The molecule has 7 nitrogen and oxygen atoms in total. The van der Waals surface area contributed by atoms with Gasteiger partial charge in [0.15, 0.2) is 0 Å². The number of carbonyl (C=O) groups is 2. The number of nitrogens with one attached hydrogen (secondary N) is 3. The lowest BCUT2D eigenvalue weighted by Crippen LogP contribution is -2.34. The van der Waals surface area contributed by atoms with Crippen molar-refractivity contribution in [1.82, 2.24) is 5.32 Å². The number of nitrogen functional groups attached to an aromatic ring is 1. The van der Waals surface area contributed by atoms with Gasteiger partial charge in [-0.1, -0.05) is 69.3 Å². The molecule has 3 aromatic rings. The maximum atomic E-state index is 13.1. The van der Waals surface area contributed by atoms with Gasteiger partial charge in [0, 0.05) is 18.3 Å². The van der Waals surface area contributed by atoms with E-state index in [9.17, 15) is 14.7 Å². The van der Waals surface area contributed by atoms with Crippen LogP contribution in [0.5, 0.6) is 0 Å². The van der Waals surface area contributed by atoms with Crippen molar-refractivity contribution in [3.8, 4) is 0 Å². The van der Waals surface area contributed by atoms with Gasteiger partial charge < -0.3 is 21.5 Å². The van der Waals surface area contributed by atoms with Gasteiger partial charge in [0.2, 0.25) is 11.8 Å². The van der Waals surface area contributed by atoms with Gasteiger partial charge in [0.25, 0.3) is 0 Å². The van der Waals surface area contributed by atoms with Crippen molar-refractivity contribution in [3.63, 3.8) is 0 Å². The summed E-state index contributed by atoms with van der Waals surface area (Å²) in [7, 11) is 0. The molecule has 0 aliphatic rings. The first-order valence-electron chi connectivity index (χ1n) is 11.9. The van der Waals surface area contributed by atoms with E-state index in [1.807, 2.05) is 48.5 Å². The van der Waals surface area contributed by atoms with Crippen LogP contribution in [0.15, 0.2) is 78.9 Å². The van der Waals surface area contributed by atoms with E-state index in [4.69, 9.17) is 5.73 Å². The van der Waals surface area contributed by atoms with Crippen molar-refractivity contribution >= 4 is 35.0 Å². The van der Waals surface area contributed by atoms with E-state index in [0.717, 1.165) is 11.1 Å². The number of nitrogens with two attached hydrogens (primary N) is 1. The van der Waals surface area contributed by atoms with Crippen molar-refractivity contribution in [2.45, 2.75) is 32.2 Å². The number of rotatable bonds is 9. The van der Waals surface area contributed by atoms with Crippen LogP contribution in [0.1, 0.15) is 43.5 Å². The van der Waals surface area contributed by atoms with E-state index >= 15 is 0 Å². The van der Waals surface area contributed by atoms with Crippen LogP contribution in [0.2, 0.25) is 0 Å². The second-order valence-electron chi connectivity index (χ2n) is 9.50. The average molecular weight is 487 g/mol. The zero-order valence-electron chi connectivity index (χ0n) is 20.9. The molecule has 188 valence electrons. The quantitative estimate of drug-likeness (QED) is 0.226. The SMILES string of the molecule is CC(C)(C)c1ccc(NC(=O)C(NCCO)c2ccc(C=CC(=O)Nc3ccccc3N)cc2)cc1. The Labute approximate surface area is 212 Å². The van der Waals surface area contributed by atoms with Crippen molar-refractivity contribution in [2.24, 2.45) is 0 Å². The number of hydrogen-bond acceptors (Lipinski definition) is 5. The summed E-state index contributed by atoms with van der Waals surface area (Å²) < 4.78 is 0. The fourth-order valence-electron chi connectivity index (χ4n) is 3.60. The summed E-state index contributed by atoms with van der Waals surface area (Å²) in [6.07, 6.45) is 3.11. The first-order valence-corrected chi connectivity index (χ1v) is 11.9. The van der Waals surface area contributed by atoms with Crippen LogP contribution < -0.4 is 21.7 Å². The molecular weight excluding hydrogens is 452 g/mol. The van der Waals surface area contributed by atoms with Crippen LogP contribution in [0.3, 0.4) is 0 Å². The Bertz CT molecular complexity index is 1200. The third-order valence-electron chi connectivity index (χ3n) is 5.66. The molecule has 0 radical (unpaired) electrons. The minimum Gasteiger partial charge on any atom is -0.397 e. The Morgan fingerprint density at radius 1 is 0.944 bits per heavy atom. The first-order chi connectivity index (χ1) is 17.2. The average Bonchev–Trinajstić information content (AvgIpc) is 2.85. The number of benzene rings is 3. The zero-order chi connectivity index (χ0) is 26.1. The van der Waals surface area contributed by atoms with Gasteiger partial charge in [-0.15, -0.1) is 0 Å². The monoisotopic (exact) mass is 486 g/mol. The van der Waals surface area contributed by atoms with Crippen LogP contribution in [-0.2, 0) is 15.0 Å². The summed E-state index contributed by atoms with van der Waals surface area (Å²) in [6.45, 7) is 6.59. The van der Waals surface area contributed by atoms with Gasteiger partial charge in [-0.25, -0.2) is 0 Å². The fraction of sp³-hybridized carbons (Fsp3) is 0.241. The second-order valence-corrected chi connectivity index (χ2v) is 9.50. The molecule has 0 aliphatic carbocycles. The Morgan fingerprint density at radius 3 is 2.22 bits per heavy atom. The van der Waals surface area contributed by atoms with Crippen LogP contribution >= 0.6 is 0 Å². The van der Waals surface area contributed by atoms with E-state index in [2.05, 4.69) is 36.7 Å². The highest BCUT2D eigenvalue weighted by molar-refractivity contribution is 6.03. The normalized spacial score (nSPS) is 12.3. The minimum absolute atomic E-state index is 0.0273. The molecule has 0 heterocycles. The van der Waals surface area contributed by atoms with E-state index in [1.165, 1.54) is 11.6 Å². The highest BCUT2D eigenvalue weighted by atomic mass is 16.3. The lowest BCUT2D eigenvalue weighted by molar-refractivity contribution is -0.118. The molecule has 0 aliphatic heterocycles. The van der Waals surface area contributed by atoms with Gasteiger partial charge in [-0.05, 0) is 52.4 Å². The van der Waals surface area contributed by atoms with Crippen LogP contribution in [0, 0.1) is 0 Å². The molecule has 2 amide bonds. The fourth-order valence-corrected chi connectivity index (χ4v) is 3.60. The van der Waals surface area contributed by atoms with E-state index in [0.29, 0.717) is 17.1 Å². The molecule has 0 saturated carbocycles. The van der Waals surface area contributed by atoms with Gasteiger partial charge >= 0.3 is 0 Å². The van der Waals surface area contributed by atoms with Gasteiger partial charge in [-0.3, -0.25) is 14.9 Å². The highest BCUT2D eigenvalue weighted by Gasteiger charge is 2.20. The number of anilines is 3. The second kappa shape index (κ2) is 12.2. The number of aliphatic hydroxyl groups is 1. The molecule has 3 aromatic carbocycles. The van der Waals surface area contributed by atoms with Crippen molar-refractivity contribution < 1.29 is 14.7 Å². The summed E-state index contributed by atoms with van der Waals surface area (Å²) in [5.41, 5.74) is 10.4. The van der Waals surface area contributed by atoms with Crippen LogP contribution in [0.4, 0.5) is 17.1 Å². The van der Waals surface area contributed by atoms with E-state index < -0.39 is 6.04 Å². The standard InChI is InChI=1S/C29H34N4O3/c1-29(2,3)22-13-15-23(16-14-22)32-28(36)27(31-18-19-34)21-11-8-20(9-12-21)10-17-26(35)33-25-7-5-4-6-24(25)30/h4-17,27,31,34H,18-19,30H2,1-3H3,(H,32,36)(H,33,35). The molecule has 1 atom stereocenters. The molecule has 36 heavy (non-hydrogen) atoms. The number of hydrogen-bond donors (Lipinski definition) is 5. The van der Waals surface area contributed by atoms with E-state index in [1.54, 1.807) is 30.3 Å². The van der Waals surface area contributed by atoms with Gasteiger partial charge in [0.1, 0.15) is 6.04 Å². The Balaban J connectivity index is 1.67. The number of aliphatic hydroxyl groups excluding tert-OH is 1. The molecule has 1 unspecified atom stereocenters. The Hall–Kier alpha value is -3.94. The number of amides is 2. The molecular formula is C29H34N4O3. The van der Waals surface area contributed by atoms with Crippen LogP contribution in [-0.4, -0.2) is 30.1 Å². The lowest BCUT2D eigenvalue weighted by atomic mass is 9.87. The summed E-state index contributed by atoms with van der Waals surface area (Å²) in [5, 5.41) is 18.1. The molecule has 3 rings (SSSR count). The molecule has 0 aromatic heterocycles. The molecule has 0 bridgehead atoms. The van der Waals surface area contributed by atoms with Crippen molar-refractivity contribution in [1.29, 1.82) is 0 Å². The van der Waals surface area contributed by atoms with Crippen molar-refractivity contribution in [2.75, 3.05) is 29.5 Å². The molecule has 6 N–H and O–H groups in total. The number of carbonyl (C=O) groups excluding carboxylic acids is 2. The lowest BCUT2D eigenvalue weighted by Gasteiger charge is -2.21. The van der Waals surface area contributed by atoms with Gasteiger partial charge in [-0.2, -0.15) is 0 Å². The molecule has 0 spiro atoms. The van der Waals surface area contributed by atoms with E-state index in [-0.39, 0.29) is 30.4 Å². The summed E-state index contributed by atoms with van der Waals surface area (Å²) in [4.78, 5) is 25.3. The topological polar surface area (TPSA) is 116 Å². The summed E-state index contributed by atoms with van der Waals surface area (Å²) in [6, 6.07) is 21.5. The number of para-hydroxylation sites is 2. The molecule has 0 fully saturated rings. The smallest absolute Gasteiger partial charge is 0.248 e. The summed E-state index contributed by atoms with van der Waals surface area (Å²) in [5.74, 6) is -0.522. The third kappa shape index (κ3) is 7.53. The molecule has 7 heteroatoms. The largest absolute Gasteiger partial charge is 0.397 e. The minimum atomic E-state index is -0.651. The predicted molar refractivity (Wildman–Crippen MR) is 147 cm³/mol. The van der Waals surface area contributed by atoms with Crippen molar-refractivity contribution in [3.05, 3.63) is 95.6 Å². The van der Waals surface area contributed by atoms with Crippen LogP contribution in [0.25, 0.3) is 6.08 Å². The highest BCUT2D eigenvalue weighted by Crippen LogP contribution is 2.24. The molecule has 0 saturated heterocycles.